The fourth-order valence-corrected chi connectivity index (χ4v) is 6.49. The van der Waals surface area contributed by atoms with E-state index in [1.165, 1.54) is 11.1 Å². The topological polar surface area (TPSA) is 79.2 Å². The number of aliphatic hydroxyl groups is 1. The number of benzene rings is 2. The summed E-state index contributed by atoms with van der Waals surface area (Å²) in [4.78, 5) is 15.2. The fraction of sp³-hybridized carbons (Fsp3) is 0.483. The van der Waals surface area contributed by atoms with Crippen LogP contribution < -0.4 is 9.64 Å². The zero-order valence-corrected chi connectivity index (χ0v) is 22.6. The first-order chi connectivity index (χ1) is 18.0. The van der Waals surface area contributed by atoms with Gasteiger partial charge in [-0.1, -0.05) is 42.0 Å². The van der Waals surface area contributed by atoms with Gasteiger partial charge in [0.25, 0.3) is 5.91 Å². The van der Waals surface area contributed by atoms with E-state index in [0.29, 0.717) is 43.2 Å². The Morgan fingerprint density at radius 2 is 1.97 bits per heavy atom. The third-order valence-corrected chi connectivity index (χ3v) is 8.99. The minimum absolute atomic E-state index is 0.186. The van der Waals surface area contributed by atoms with Crippen LogP contribution in [0.4, 0.5) is 5.69 Å². The third kappa shape index (κ3) is 6.39. The molecule has 0 spiro atoms. The van der Waals surface area contributed by atoms with E-state index in [1.54, 1.807) is 6.07 Å². The lowest BCUT2D eigenvalue weighted by Crippen LogP contribution is -2.42. The molecule has 198 valence electrons. The highest BCUT2D eigenvalue weighted by Crippen LogP contribution is 2.41. The quantitative estimate of drug-likeness (QED) is 0.322. The second-order valence-electron chi connectivity index (χ2n) is 10.3. The highest BCUT2D eigenvalue weighted by molar-refractivity contribution is 7.75. The highest BCUT2D eigenvalue weighted by Gasteiger charge is 2.37. The Bertz CT molecular complexity index is 1260. The van der Waals surface area contributed by atoms with Crippen LogP contribution in [0.3, 0.4) is 0 Å². The van der Waals surface area contributed by atoms with Gasteiger partial charge in [-0.25, -0.2) is 0 Å². The van der Waals surface area contributed by atoms with Gasteiger partial charge >= 0.3 is 0 Å². The average molecular weight is 542 g/mol. The number of carbonyl (C=O) groups is 1. The van der Waals surface area contributed by atoms with Crippen LogP contribution in [0.2, 0.25) is 5.02 Å². The molecule has 5 rings (SSSR count). The molecular formula is C29H34ClN2O4S-. The third-order valence-electron chi connectivity index (χ3n) is 7.75. The molecule has 2 aromatic carbocycles. The Kier molecular flexibility index (Phi) is 8.53. The Hall–Kier alpha value is -2.35. The van der Waals surface area contributed by atoms with Crippen molar-refractivity contribution in [3.05, 3.63) is 70.3 Å². The van der Waals surface area contributed by atoms with E-state index in [9.17, 15) is 14.1 Å². The summed E-state index contributed by atoms with van der Waals surface area (Å²) in [6.07, 6.45) is 9.55. The molecule has 1 fully saturated rings. The van der Waals surface area contributed by atoms with E-state index in [1.807, 2.05) is 30.4 Å². The smallest absolute Gasteiger partial charge is 0.254 e. The Balaban J connectivity index is 1.59. The number of nitrogens with zero attached hydrogens (tertiary/aromatic N) is 2. The van der Waals surface area contributed by atoms with Crippen LogP contribution in [-0.4, -0.2) is 36.0 Å². The number of halogens is 1. The molecule has 2 heterocycles. The van der Waals surface area contributed by atoms with E-state index in [4.69, 9.17) is 16.3 Å². The van der Waals surface area contributed by atoms with Gasteiger partial charge in [0.2, 0.25) is 0 Å². The van der Waals surface area contributed by atoms with Crippen LogP contribution in [0.15, 0.2) is 52.9 Å². The number of rotatable bonds is 0. The van der Waals surface area contributed by atoms with Crippen molar-refractivity contribution in [3.8, 4) is 5.75 Å². The van der Waals surface area contributed by atoms with Gasteiger partial charge < -0.3 is 23.3 Å². The summed E-state index contributed by atoms with van der Waals surface area (Å²) < 4.78 is 22.6. The Morgan fingerprint density at radius 1 is 1.08 bits per heavy atom. The predicted molar refractivity (Wildman–Crippen MR) is 148 cm³/mol. The van der Waals surface area contributed by atoms with E-state index < -0.39 is 22.6 Å². The first kappa shape index (κ1) is 26.3. The molecular weight excluding hydrogens is 508 g/mol. The lowest BCUT2D eigenvalue weighted by atomic mass is 9.70. The minimum Gasteiger partial charge on any atom is -0.491 e. The first-order valence-corrected chi connectivity index (χ1v) is 14.9. The summed E-state index contributed by atoms with van der Waals surface area (Å²) in [7, 11) is -1.59. The van der Waals surface area contributed by atoms with Gasteiger partial charge in [0.1, 0.15) is 5.75 Å². The van der Waals surface area contributed by atoms with Gasteiger partial charge in [-0.2, -0.15) is 10.6 Å². The van der Waals surface area contributed by atoms with Gasteiger partial charge in [-0.15, -0.1) is 0 Å². The van der Waals surface area contributed by atoms with E-state index in [2.05, 4.69) is 21.4 Å². The molecule has 3 aliphatic rings. The summed E-state index contributed by atoms with van der Waals surface area (Å²) in [5.74, 6) is 1.08. The number of hydrogen-bond donors (Lipinski definition) is 1. The van der Waals surface area contributed by atoms with E-state index >= 15 is 0 Å². The molecule has 3 atom stereocenters. The van der Waals surface area contributed by atoms with E-state index in [-0.39, 0.29) is 5.92 Å². The maximum atomic E-state index is 13.0. The van der Waals surface area contributed by atoms with Crippen molar-refractivity contribution >= 4 is 33.8 Å². The predicted octanol–water partition coefficient (Wildman–Crippen LogP) is 6.09. The fourth-order valence-electron chi connectivity index (χ4n) is 5.50. The normalized spacial score (nSPS) is 25.5. The molecule has 2 aliphatic heterocycles. The van der Waals surface area contributed by atoms with Crippen molar-refractivity contribution in [2.24, 2.45) is 16.2 Å². The number of hydrogen-bond acceptors (Lipinski definition) is 6. The Morgan fingerprint density at radius 3 is 2.81 bits per heavy atom. The van der Waals surface area contributed by atoms with Gasteiger partial charge in [0.05, 0.1) is 18.4 Å². The zero-order valence-electron chi connectivity index (χ0n) is 21.0. The SMILES string of the molecule is O=C1N=[S-](=O)CCCC=CC(O)C2CCC2CN2Cc3ccc(Cl)cc3CCCCOc3ccc1cc32. The monoisotopic (exact) mass is 541 g/mol. The van der Waals surface area contributed by atoms with Crippen molar-refractivity contribution < 1.29 is 18.8 Å². The van der Waals surface area contributed by atoms with Gasteiger partial charge in [0, 0.05) is 23.7 Å². The van der Waals surface area contributed by atoms with Crippen LogP contribution in [0.5, 0.6) is 5.75 Å². The number of aryl methyl sites for hydroxylation is 1. The number of allylic oxidation sites excluding steroid dienone is 1. The number of amides is 1. The number of anilines is 1. The van der Waals surface area contributed by atoms with Crippen molar-refractivity contribution in [2.75, 3.05) is 23.8 Å². The first-order valence-electron chi connectivity index (χ1n) is 13.3. The van der Waals surface area contributed by atoms with Crippen LogP contribution in [-0.2, 0) is 27.8 Å². The molecule has 0 aromatic heterocycles. The second kappa shape index (κ2) is 12.0. The molecule has 1 aliphatic carbocycles. The summed E-state index contributed by atoms with van der Waals surface area (Å²) in [6.45, 7) is 1.95. The second-order valence-corrected chi connectivity index (χ2v) is 11.9. The summed E-state index contributed by atoms with van der Waals surface area (Å²) in [5.41, 5.74) is 3.67. The molecule has 6 nitrogen and oxygen atoms in total. The van der Waals surface area contributed by atoms with Crippen LogP contribution >= 0.6 is 11.6 Å². The lowest BCUT2D eigenvalue weighted by Gasteiger charge is -2.42. The molecule has 1 N–H and O–H groups in total. The summed E-state index contributed by atoms with van der Waals surface area (Å²) >= 11 is 6.36. The van der Waals surface area contributed by atoms with Gasteiger partial charge in [-0.3, -0.25) is 4.79 Å². The lowest BCUT2D eigenvalue weighted by molar-refractivity contribution is 0.0460. The number of aliphatic hydroxyl groups excluding tert-OH is 1. The maximum absolute atomic E-state index is 13.0. The molecule has 0 saturated heterocycles. The summed E-state index contributed by atoms with van der Waals surface area (Å²) in [5, 5.41) is 11.6. The molecule has 0 radical (unpaired) electrons. The standard InChI is InChI=1S/C29H34ClN2O4S/c30-24-11-8-22-18-32-19-23-9-12-25(23)27(33)7-2-1-5-15-37(35)31-29(34)21-10-13-28(26(32)17-21)36-14-4-3-6-20(22)16-24/h2,7-8,10-11,13,16-17,23,25,27,33H,1,3-6,9,12,14-15,18-19H2/q-1. The molecule has 1 amide bonds. The van der Waals surface area contributed by atoms with Crippen molar-refractivity contribution in [1.82, 2.24) is 0 Å². The maximum Gasteiger partial charge on any atom is 0.254 e. The number of carbonyl (C=O) groups excluding carboxylic acids is 1. The number of ether oxygens (including phenoxy) is 1. The van der Waals surface area contributed by atoms with Gasteiger partial charge in [0.15, 0.2) is 0 Å². The van der Waals surface area contributed by atoms with Crippen LogP contribution in [0.25, 0.3) is 0 Å². The van der Waals surface area contributed by atoms with Crippen molar-refractivity contribution in [1.29, 1.82) is 0 Å². The van der Waals surface area contributed by atoms with Crippen molar-refractivity contribution in [3.63, 3.8) is 0 Å². The largest absolute Gasteiger partial charge is 0.491 e. The van der Waals surface area contributed by atoms with E-state index in [0.717, 1.165) is 55.1 Å². The van der Waals surface area contributed by atoms with Crippen LogP contribution in [0.1, 0.15) is 60.0 Å². The molecule has 1 saturated carbocycles. The molecule has 2 bridgehead atoms. The zero-order chi connectivity index (χ0) is 25.8. The molecule has 37 heavy (non-hydrogen) atoms. The molecule has 3 unspecified atom stereocenters. The molecule has 2 aromatic rings. The van der Waals surface area contributed by atoms with Crippen LogP contribution in [0, 0.1) is 11.8 Å². The number of fused-ring (bicyclic) bond motifs is 3. The Labute approximate surface area is 225 Å². The average Bonchev–Trinajstić information content (AvgIpc) is 2.88. The minimum atomic E-state index is -1.59. The highest BCUT2D eigenvalue weighted by atomic mass is 35.5. The van der Waals surface area contributed by atoms with Gasteiger partial charge in [-0.05, 0) is 91.8 Å². The van der Waals surface area contributed by atoms with Crippen molar-refractivity contribution in [2.45, 2.75) is 57.6 Å². The molecule has 8 heteroatoms. The summed E-state index contributed by atoms with van der Waals surface area (Å²) in [6, 6.07) is 11.5.